The molecule has 94 valence electrons. The molecule has 0 aromatic heterocycles. The predicted octanol–water partition coefficient (Wildman–Crippen LogP) is 4.29. The molecule has 0 amide bonds. The van der Waals surface area contributed by atoms with Crippen molar-refractivity contribution < 1.29 is 17.6 Å². The van der Waals surface area contributed by atoms with Crippen LogP contribution in [0.5, 0.6) is 0 Å². The minimum absolute atomic E-state index is 0.282. The van der Waals surface area contributed by atoms with Crippen molar-refractivity contribution >= 4 is 15.9 Å². The van der Waals surface area contributed by atoms with Crippen molar-refractivity contribution in [3.8, 4) is 0 Å². The molecule has 0 N–H and O–H groups in total. The zero-order valence-corrected chi connectivity index (χ0v) is 10.4. The van der Waals surface area contributed by atoms with Crippen LogP contribution in [-0.4, -0.2) is 24.7 Å². The van der Waals surface area contributed by atoms with Crippen LogP contribution in [0.2, 0.25) is 0 Å². The maximum atomic E-state index is 13.7. The van der Waals surface area contributed by atoms with Crippen molar-refractivity contribution in [3.05, 3.63) is 34.3 Å². The first kappa shape index (κ1) is 12.9. The van der Waals surface area contributed by atoms with E-state index in [4.69, 9.17) is 0 Å². The number of rotatable bonds is 1. The molecule has 1 aliphatic rings. The highest BCUT2D eigenvalue weighted by atomic mass is 79.9. The molecule has 4 unspecified atom stereocenters. The molecule has 17 heavy (non-hydrogen) atoms. The molecule has 1 aliphatic carbocycles. The number of benzene rings is 1. The van der Waals surface area contributed by atoms with Gasteiger partial charge in [-0.2, -0.15) is 0 Å². The Morgan fingerprint density at radius 1 is 1.00 bits per heavy atom. The summed E-state index contributed by atoms with van der Waals surface area (Å²) in [7, 11) is 0. The van der Waals surface area contributed by atoms with Crippen LogP contribution in [-0.2, 0) is 0 Å². The molecule has 0 saturated heterocycles. The first-order valence-electron chi connectivity index (χ1n) is 5.32. The molecule has 1 aromatic carbocycles. The number of alkyl halides is 4. The first-order valence-corrected chi connectivity index (χ1v) is 6.11. The van der Waals surface area contributed by atoms with Crippen molar-refractivity contribution in [2.45, 2.75) is 37.0 Å². The molecule has 0 heterocycles. The maximum absolute atomic E-state index is 13.7. The van der Waals surface area contributed by atoms with Gasteiger partial charge in [0.15, 0.2) is 0 Å². The number of hydrogen-bond acceptors (Lipinski definition) is 0. The molecule has 0 radical (unpaired) electrons. The van der Waals surface area contributed by atoms with E-state index in [1.165, 1.54) is 12.1 Å². The second-order valence-electron chi connectivity index (χ2n) is 4.24. The summed E-state index contributed by atoms with van der Waals surface area (Å²) in [5, 5.41) is 0. The van der Waals surface area contributed by atoms with Crippen LogP contribution in [0.3, 0.4) is 0 Å². The van der Waals surface area contributed by atoms with Gasteiger partial charge in [-0.25, -0.2) is 17.6 Å². The van der Waals surface area contributed by atoms with E-state index < -0.39 is 37.0 Å². The Balaban J connectivity index is 2.34. The lowest BCUT2D eigenvalue weighted by molar-refractivity contribution is -0.00572. The molecule has 0 nitrogen and oxygen atoms in total. The average Bonchev–Trinajstić information content (AvgIpc) is 2.27. The van der Waals surface area contributed by atoms with Gasteiger partial charge in [-0.05, 0) is 17.7 Å². The molecule has 4 atom stereocenters. The summed E-state index contributed by atoms with van der Waals surface area (Å²) in [4.78, 5) is 0. The Bertz CT molecular complexity index is 384. The van der Waals surface area contributed by atoms with Crippen LogP contribution in [0, 0.1) is 0 Å². The second kappa shape index (κ2) is 4.96. The van der Waals surface area contributed by atoms with Gasteiger partial charge in [-0.1, -0.05) is 28.1 Å². The molecule has 1 saturated carbocycles. The summed E-state index contributed by atoms with van der Waals surface area (Å²) < 4.78 is 54.5. The van der Waals surface area contributed by atoms with Crippen LogP contribution in [0.1, 0.15) is 17.9 Å². The molecular weight excluding hydrogens is 300 g/mol. The van der Waals surface area contributed by atoms with Crippen molar-refractivity contribution in [2.75, 3.05) is 0 Å². The molecule has 0 bridgehead atoms. The van der Waals surface area contributed by atoms with Crippen molar-refractivity contribution in [1.29, 1.82) is 0 Å². The molecular formula is C12H11BrF4. The third-order valence-electron chi connectivity index (χ3n) is 3.06. The molecule has 5 heteroatoms. The molecule has 0 spiro atoms. The minimum Gasteiger partial charge on any atom is -0.244 e. The summed E-state index contributed by atoms with van der Waals surface area (Å²) in [6, 6.07) is 6.26. The van der Waals surface area contributed by atoms with Gasteiger partial charge in [0, 0.05) is 10.9 Å². The second-order valence-corrected chi connectivity index (χ2v) is 5.15. The van der Waals surface area contributed by atoms with E-state index in [1.807, 2.05) is 0 Å². The van der Waals surface area contributed by atoms with Crippen LogP contribution >= 0.6 is 15.9 Å². The summed E-state index contributed by atoms with van der Waals surface area (Å²) in [5.74, 6) is -1.37. The van der Waals surface area contributed by atoms with E-state index in [2.05, 4.69) is 15.9 Å². The van der Waals surface area contributed by atoms with Gasteiger partial charge in [0.05, 0.1) is 5.92 Å². The fraction of sp³-hybridized carbons (Fsp3) is 0.500. The minimum atomic E-state index is -1.99. The lowest BCUT2D eigenvalue weighted by atomic mass is 9.79. The van der Waals surface area contributed by atoms with Gasteiger partial charge in [-0.15, -0.1) is 0 Å². The smallest absolute Gasteiger partial charge is 0.141 e. The van der Waals surface area contributed by atoms with E-state index in [-0.39, 0.29) is 5.56 Å². The monoisotopic (exact) mass is 310 g/mol. The zero-order valence-electron chi connectivity index (χ0n) is 8.79. The van der Waals surface area contributed by atoms with Crippen LogP contribution in [0.25, 0.3) is 0 Å². The summed E-state index contributed by atoms with van der Waals surface area (Å²) in [6.45, 7) is 0. The Morgan fingerprint density at radius 3 is 2.12 bits per heavy atom. The number of halogens is 5. The van der Waals surface area contributed by atoms with Crippen molar-refractivity contribution in [2.24, 2.45) is 0 Å². The Kier molecular flexibility index (Phi) is 3.76. The van der Waals surface area contributed by atoms with Crippen LogP contribution < -0.4 is 0 Å². The maximum Gasteiger partial charge on any atom is 0.141 e. The third-order valence-corrected chi connectivity index (χ3v) is 3.55. The fourth-order valence-electron chi connectivity index (χ4n) is 2.18. The highest BCUT2D eigenvalue weighted by molar-refractivity contribution is 9.10. The normalized spacial score (nSPS) is 38.1. The summed E-state index contributed by atoms with van der Waals surface area (Å²) in [5.41, 5.74) is 0.282. The summed E-state index contributed by atoms with van der Waals surface area (Å²) >= 11 is 3.17. The summed E-state index contributed by atoms with van der Waals surface area (Å²) in [6.07, 6.45) is -8.58. The van der Waals surface area contributed by atoms with E-state index in [1.54, 1.807) is 12.1 Å². The zero-order chi connectivity index (χ0) is 12.6. The topological polar surface area (TPSA) is 0 Å². The largest absolute Gasteiger partial charge is 0.244 e. The quantitative estimate of drug-likeness (QED) is 0.679. The Morgan fingerprint density at radius 2 is 1.59 bits per heavy atom. The number of hydrogen-bond donors (Lipinski definition) is 0. The van der Waals surface area contributed by atoms with Crippen molar-refractivity contribution in [3.63, 3.8) is 0 Å². The van der Waals surface area contributed by atoms with Gasteiger partial charge < -0.3 is 0 Å². The fourth-order valence-corrected chi connectivity index (χ4v) is 2.60. The Hall–Kier alpha value is -0.580. The van der Waals surface area contributed by atoms with Crippen LogP contribution in [0.15, 0.2) is 28.7 Å². The molecule has 0 aliphatic heterocycles. The van der Waals surface area contributed by atoms with Crippen LogP contribution in [0.4, 0.5) is 17.6 Å². The average molecular weight is 311 g/mol. The highest BCUT2D eigenvalue weighted by Gasteiger charge is 2.47. The van der Waals surface area contributed by atoms with E-state index >= 15 is 0 Å². The van der Waals surface area contributed by atoms with E-state index in [0.717, 1.165) is 0 Å². The standard InChI is InChI=1S/C12H11BrF4/c13-7-3-1-2-6(4-7)10-11(16)8(14)5-9(15)12(10)17/h1-4,8-12H,5H2. The van der Waals surface area contributed by atoms with Gasteiger partial charge in [0.2, 0.25) is 0 Å². The van der Waals surface area contributed by atoms with E-state index in [0.29, 0.717) is 4.47 Å². The first-order chi connectivity index (χ1) is 8.00. The highest BCUT2D eigenvalue weighted by Crippen LogP contribution is 2.40. The van der Waals surface area contributed by atoms with E-state index in [9.17, 15) is 17.6 Å². The molecule has 2 rings (SSSR count). The lowest BCUT2D eigenvalue weighted by Crippen LogP contribution is -2.43. The van der Waals surface area contributed by atoms with Gasteiger partial charge in [0.25, 0.3) is 0 Å². The SMILES string of the molecule is FC1CC(F)C(F)C(c2cccc(Br)c2)C1F. The van der Waals surface area contributed by atoms with Gasteiger partial charge >= 0.3 is 0 Å². The Labute approximate surface area is 105 Å². The van der Waals surface area contributed by atoms with Gasteiger partial charge in [-0.3, -0.25) is 0 Å². The third kappa shape index (κ3) is 2.49. The molecule has 1 fully saturated rings. The van der Waals surface area contributed by atoms with Crippen molar-refractivity contribution in [1.82, 2.24) is 0 Å². The predicted molar refractivity (Wildman–Crippen MR) is 61.1 cm³/mol. The lowest BCUT2D eigenvalue weighted by Gasteiger charge is -2.34. The van der Waals surface area contributed by atoms with Gasteiger partial charge in [0.1, 0.15) is 24.7 Å². The molecule has 1 aromatic rings.